The minimum atomic E-state index is 0.131. The van der Waals surface area contributed by atoms with E-state index in [0.29, 0.717) is 17.7 Å². The highest BCUT2D eigenvalue weighted by molar-refractivity contribution is 7.99. The van der Waals surface area contributed by atoms with E-state index in [-0.39, 0.29) is 5.91 Å². The van der Waals surface area contributed by atoms with E-state index in [1.165, 1.54) is 11.8 Å². The number of carbonyl (C=O) groups excluding carboxylic acids is 1. The van der Waals surface area contributed by atoms with Gasteiger partial charge in [0.25, 0.3) is 0 Å². The fourth-order valence-corrected chi connectivity index (χ4v) is 2.56. The Kier molecular flexibility index (Phi) is 5.65. The second-order valence-electron chi connectivity index (χ2n) is 5.07. The maximum atomic E-state index is 11.9. The van der Waals surface area contributed by atoms with Crippen molar-refractivity contribution in [3.63, 3.8) is 0 Å². The summed E-state index contributed by atoms with van der Waals surface area (Å²) in [6, 6.07) is 0.311. The zero-order valence-electron chi connectivity index (χ0n) is 11.8. The first-order chi connectivity index (χ1) is 8.41. The molecule has 1 amide bonds. The Labute approximate surface area is 113 Å². The van der Waals surface area contributed by atoms with Gasteiger partial charge in [-0.2, -0.15) is 0 Å². The molecule has 0 spiro atoms. The van der Waals surface area contributed by atoms with Crippen LogP contribution < -0.4 is 0 Å². The lowest BCUT2D eigenvalue weighted by molar-refractivity contribution is -0.127. The van der Waals surface area contributed by atoms with Crippen LogP contribution in [-0.4, -0.2) is 44.9 Å². The number of aromatic nitrogens is 3. The quantitative estimate of drug-likeness (QED) is 0.743. The molecule has 0 aromatic carbocycles. The number of nitrogens with zero attached hydrogens (tertiary/aromatic N) is 4. The molecule has 0 aliphatic rings. The molecule has 0 aliphatic heterocycles. The molecule has 1 aromatic heterocycles. The Morgan fingerprint density at radius 3 is 2.67 bits per heavy atom. The van der Waals surface area contributed by atoms with Gasteiger partial charge in [-0.3, -0.25) is 4.79 Å². The number of hydrogen-bond acceptors (Lipinski definition) is 4. The number of hydrogen-bond donors (Lipinski definition) is 0. The summed E-state index contributed by atoms with van der Waals surface area (Å²) < 4.78 is 1.97. The van der Waals surface area contributed by atoms with Crippen LogP contribution in [0.2, 0.25) is 0 Å². The number of thioether (sulfide) groups is 1. The summed E-state index contributed by atoms with van der Waals surface area (Å²) in [5, 5.41) is 8.72. The van der Waals surface area contributed by atoms with Gasteiger partial charge in [-0.15, -0.1) is 10.2 Å². The summed E-state index contributed by atoms with van der Waals surface area (Å²) in [7, 11) is 1.84. The van der Waals surface area contributed by atoms with Crippen molar-refractivity contribution in [2.45, 2.75) is 38.9 Å². The van der Waals surface area contributed by atoms with Crippen molar-refractivity contribution in [3.05, 3.63) is 6.33 Å². The fraction of sp³-hybridized carbons (Fsp3) is 0.750. The molecule has 1 aromatic rings. The number of carbonyl (C=O) groups is 1. The molecule has 0 fully saturated rings. The van der Waals surface area contributed by atoms with Gasteiger partial charge in [0.2, 0.25) is 5.91 Å². The second-order valence-corrected chi connectivity index (χ2v) is 6.01. The van der Waals surface area contributed by atoms with Crippen LogP contribution in [0.4, 0.5) is 0 Å². The van der Waals surface area contributed by atoms with Crippen molar-refractivity contribution >= 4 is 17.7 Å². The lowest BCUT2D eigenvalue weighted by Gasteiger charge is -2.19. The van der Waals surface area contributed by atoms with Gasteiger partial charge in [-0.1, -0.05) is 25.6 Å². The van der Waals surface area contributed by atoms with Crippen LogP contribution >= 0.6 is 11.8 Å². The standard InChI is InChI=1S/C12H22N4OS/c1-9(2)6-15(5)11(17)7-18-12-14-13-8-16(12)10(3)4/h8-10H,6-7H2,1-5H3. The lowest BCUT2D eigenvalue weighted by Crippen LogP contribution is -2.31. The molecule has 6 heteroatoms. The molecule has 0 radical (unpaired) electrons. The Morgan fingerprint density at radius 1 is 1.44 bits per heavy atom. The van der Waals surface area contributed by atoms with Crippen LogP contribution in [0.25, 0.3) is 0 Å². The van der Waals surface area contributed by atoms with E-state index in [0.717, 1.165) is 11.7 Å². The first-order valence-corrected chi connectivity index (χ1v) is 7.16. The molecule has 0 bridgehead atoms. The fourth-order valence-electron chi connectivity index (χ4n) is 1.58. The van der Waals surface area contributed by atoms with Crippen LogP contribution in [0.15, 0.2) is 11.5 Å². The maximum absolute atomic E-state index is 11.9. The third-order valence-corrected chi connectivity index (χ3v) is 3.43. The summed E-state index contributed by atoms with van der Waals surface area (Å²) in [4.78, 5) is 13.7. The highest BCUT2D eigenvalue weighted by atomic mass is 32.2. The van der Waals surface area contributed by atoms with Crippen LogP contribution in [-0.2, 0) is 4.79 Å². The van der Waals surface area contributed by atoms with Crippen molar-refractivity contribution in [2.75, 3.05) is 19.3 Å². The van der Waals surface area contributed by atoms with Crippen molar-refractivity contribution < 1.29 is 4.79 Å². The van der Waals surface area contributed by atoms with E-state index in [2.05, 4.69) is 37.9 Å². The highest BCUT2D eigenvalue weighted by Gasteiger charge is 2.14. The van der Waals surface area contributed by atoms with Gasteiger partial charge in [0.15, 0.2) is 5.16 Å². The molecule has 18 heavy (non-hydrogen) atoms. The summed E-state index contributed by atoms with van der Waals surface area (Å²) >= 11 is 1.44. The molecule has 0 saturated heterocycles. The van der Waals surface area contributed by atoms with Crippen molar-refractivity contribution in [2.24, 2.45) is 5.92 Å². The monoisotopic (exact) mass is 270 g/mol. The predicted molar refractivity (Wildman–Crippen MR) is 73.6 cm³/mol. The summed E-state index contributed by atoms with van der Waals surface area (Å²) in [5.41, 5.74) is 0. The highest BCUT2D eigenvalue weighted by Crippen LogP contribution is 2.19. The largest absolute Gasteiger partial charge is 0.345 e. The van der Waals surface area contributed by atoms with Gasteiger partial charge in [0, 0.05) is 19.6 Å². The molecule has 0 unspecified atom stereocenters. The van der Waals surface area contributed by atoms with E-state index in [1.807, 2.05) is 11.6 Å². The van der Waals surface area contributed by atoms with Gasteiger partial charge >= 0.3 is 0 Å². The maximum Gasteiger partial charge on any atom is 0.232 e. The zero-order chi connectivity index (χ0) is 13.7. The molecular formula is C12H22N4OS. The molecule has 5 nitrogen and oxygen atoms in total. The van der Waals surface area contributed by atoms with Gasteiger partial charge in [-0.05, 0) is 19.8 Å². The SMILES string of the molecule is CC(C)CN(C)C(=O)CSc1nncn1C(C)C. The van der Waals surface area contributed by atoms with Crippen LogP contribution in [0.3, 0.4) is 0 Å². The summed E-state index contributed by atoms with van der Waals surface area (Å²) in [5.74, 6) is 1.03. The lowest BCUT2D eigenvalue weighted by atomic mass is 10.2. The topological polar surface area (TPSA) is 51.0 Å². The molecule has 1 rings (SSSR count). The van der Waals surface area contributed by atoms with E-state index in [4.69, 9.17) is 0 Å². The Morgan fingerprint density at radius 2 is 2.11 bits per heavy atom. The van der Waals surface area contributed by atoms with Crippen molar-refractivity contribution in [3.8, 4) is 0 Å². The smallest absolute Gasteiger partial charge is 0.232 e. The van der Waals surface area contributed by atoms with Gasteiger partial charge in [-0.25, -0.2) is 0 Å². The molecule has 0 atom stereocenters. The van der Waals surface area contributed by atoms with E-state index in [1.54, 1.807) is 11.2 Å². The summed E-state index contributed by atoms with van der Waals surface area (Å²) in [6.45, 7) is 9.13. The first kappa shape index (κ1) is 15.0. The minimum Gasteiger partial charge on any atom is -0.345 e. The first-order valence-electron chi connectivity index (χ1n) is 6.18. The third kappa shape index (κ3) is 4.33. The van der Waals surface area contributed by atoms with Gasteiger partial charge < -0.3 is 9.47 Å². The average molecular weight is 270 g/mol. The van der Waals surface area contributed by atoms with Crippen LogP contribution in [0.1, 0.15) is 33.7 Å². The Hall–Kier alpha value is -1.04. The van der Waals surface area contributed by atoms with Crippen LogP contribution in [0, 0.1) is 5.92 Å². The zero-order valence-corrected chi connectivity index (χ0v) is 12.6. The van der Waals surface area contributed by atoms with Gasteiger partial charge in [0.05, 0.1) is 5.75 Å². The van der Waals surface area contributed by atoms with E-state index in [9.17, 15) is 4.79 Å². The molecule has 0 aliphatic carbocycles. The molecule has 0 saturated carbocycles. The van der Waals surface area contributed by atoms with Gasteiger partial charge in [0.1, 0.15) is 6.33 Å². The third-order valence-electron chi connectivity index (χ3n) is 2.49. The normalized spacial score (nSPS) is 11.3. The van der Waals surface area contributed by atoms with Crippen molar-refractivity contribution in [1.29, 1.82) is 0 Å². The number of rotatable bonds is 6. The number of amides is 1. The Balaban J connectivity index is 2.49. The van der Waals surface area contributed by atoms with E-state index >= 15 is 0 Å². The molecule has 0 N–H and O–H groups in total. The minimum absolute atomic E-state index is 0.131. The van der Waals surface area contributed by atoms with Crippen LogP contribution in [0.5, 0.6) is 0 Å². The summed E-state index contributed by atoms with van der Waals surface area (Å²) in [6.07, 6.45) is 1.70. The molecule has 1 heterocycles. The van der Waals surface area contributed by atoms with E-state index < -0.39 is 0 Å². The second kappa shape index (κ2) is 6.78. The average Bonchev–Trinajstić information content (AvgIpc) is 2.72. The van der Waals surface area contributed by atoms with Crippen molar-refractivity contribution in [1.82, 2.24) is 19.7 Å². The predicted octanol–water partition coefficient (Wildman–Crippen LogP) is 2.07. The Bertz CT molecular complexity index is 389. The molecule has 102 valence electrons. The molecular weight excluding hydrogens is 248 g/mol.